The Morgan fingerprint density at radius 3 is 2.44 bits per heavy atom. The van der Waals surface area contributed by atoms with Gasteiger partial charge in [0.2, 0.25) is 0 Å². The summed E-state index contributed by atoms with van der Waals surface area (Å²) in [5.41, 5.74) is -0.153. The van der Waals surface area contributed by atoms with E-state index in [1.54, 1.807) is 6.07 Å². The van der Waals surface area contributed by atoms with Gasteiger partial charge in [0.1, 0.15) is 11.6 Å². The summed E-state index contributed by atoms with van der Waals surface area (Å²) >= 11 is 0. The molecular formula is C5H7N3O. The largest absolute Gasteiger partial charge is 0.279 e. The Balaban J connectivity index is 4.10. The lowest BCUT2D eigenvalue weighted by molar-refractivity contribution is -0.125. The molecule has 0 saturated heterocycles. The molecule has 0 aliphatic heterocycles. The van der Waals surface area contributed by atoms with Gasteiger partial charge >= 0.3 is 0 Å². The van der Waals surface area contributed by atoms with E-state index in [0.717, 1.165) is 5.01 Å². The summed E-state index contributed by atoms with van der Waals surface area (Å²) in [6, 6.07) is 1.58. The van der Waals surface area contributed by atoms with Gasteiger partial charge in [-0.05, 0) is 0 Å². The van der Waals surface area contributed by atoms with Crippen LogP contribution in [0, 0.1) is 11.3 Å². The number of hydrogen-bond acceptors (Lipinski definition) is 3. The molecule has 0 aromatic heterocycles. The third-order valence-electron chi connectivity index (χ3n) is 0.713. The SMILES string of the molecule is C=C(C#N)C(=O)N(C)N. The number of hydrogen-bond donors (Lipinski definition) is 1. The van der Waals surface area contributed by atoms with Gasteiger partial charge in [0, 0.05) is 7.05 Å². The van der Waals surface area contributed by atoms with Crippen LogP contribution in [0.1, 0.15) is 0 Å². The Kier molecular flexibility index (Phi) is 2.42. The van der Waals surface area contributed by atoms with Crippen molar-refractivity contribution >= 4 is 5.91 Å². The van der Waals surface area contributed by atoms with Gasteiger partial charge in [-0.2, -0.15) is 5.26 Å². The molecule has 0 heterocycles. The molecule has 4 heteroatoms. The minimum Gasteiger partial charge on any atom is -0.279 e. The van der Waals surface area contributed by atoms with E-state index in [1.807, 2.05) is 0 Å². The van der Waals surface area contributed by atoms with Gasteiger partial charge in [0.25, 0.3) is 5.91 Å². The van der Waals surface area contributed by atoms with Crippen LogP contribution < -0.4 is 5.84 Å². The summed E-state index contributed by atoms with van der Waals surface area (Å²) < 4.78 is 0. The standard InChI is InChI=1S/C5H7N3O/c1-4(3-6)5(9)8(2)7/h1,7H2,2H3. The Hall–Kier alpha value is -1.34. The molecule has 0 saturated carbocycles. The van der Waals surface area contributed by atoms with Crippen molar-refractivity contribution in [3.05, 3.63) is 12.2 Å². The van der Waals surface area contributed by atoms with E-state index in [1.165, 1.54) is 7.05 Å². The van der Waals surface area contributed by atoms with Gasteiger partial charge in [-0.15, -0.1) is 0 Å². The molecule has 1 amide bonds. The topological polar surface area (TPSA) is 70.1 Å². The van der Waals surface area contributed by atoms with Crippen molar-refractivity contribution in [2.45, 2.75) is 0 Å². The lowest BCUT2D eigenvalue weighted by Crippen LogP contribution is -2.33. The quantitative estimate of drug-likeness (QED) is 0.167. The summed E-state index contributed by atoms with van der Waals surface area (Å²) in [6.07, 6.45) is 0. The molecule has 0 fully saturated rings. The fraction of sp³-hybridized carbons (Fsp3) is 0.200. The summed E-state index contributed by atoms with van der Waals surface area (Å²) in [4.78, 5) is 10.6. The fourth-order valence-electron chi connectivity index (χ4n) is 0.261. The molecule has 0 unspecified atom stereocenters. The monoisotopic (exact) mass is 125 g/mol. The number of amides is 1. The Morgan fingerprint density at radius 2 is 2.33 bits per heavy atom. The molecule has 0 aliphatic carbocycles. The first-order chi connectivity index (χ1) is 4.09. The lowest BCUT2D eigenvalue weighted by Gasteiger charge is -2.05. The normalized spacial score (nSPS) is 7.67. The average molecular weight is 125 g/mol. The number of hydrazine groups is 1. The fourth-order valence-corrected chi connectivity index (χ4v) is 0.261. The van der Waals surface area contributed by atoms with Gasteiger partial charge < -0.3 is 0 Å². The van der Waals surface area contributed by atoms with Crippen molar-refractivity contribution in [3.8, 4) is 6.07 Å². The van der Waals surface area contributed by atoms with Gasteiger partial charge in [-0.25, -0.2) is 5.84 Å². The molecule has 0 bridgehead atoms. The van der Waals surface area contributed by atoms with Crippen molar-refractivity contribution in [2.75, 3.05) is 7.05 Å². The van der Waals surface area contributed by atoms with Crippen LogP contribution in [0.3, 0.4) is 0 Å². The van der Waals surface area contributed by atoms with Crippen LogP contribution in [0.25, 0.3) is 0 Å². The zero-order chi connectivity index (χ0) is 7.44. The lowest BCUT2D eigenvalue weighted by atomic mass is 10.3. The van der Waals surface area contributed by atoms with Crippen molar-refractivity contribution < 1.29 is 4.79 Å². The van der Waals surface area contributed by atoms with E-state index < -0.39 is 5.91 Å². The molecule has 0 atom stereocenters. The number of rotatable bonds is 1. The molecule has 0 aromatic rings. The molecule has 0 spiro atoms. The second-order valence-electron chi connectivity index (χ2n) is 1.51. The number of nitrogens with zero attached hydrogens (tertiary/aromatic N) is 2. The molecule has 2 N–H and O–H groups in total. The van der Waals surface area contributed by atoms with Crippen LogP contribution in [-0.2, 0) is 4.79 Å². The second-order valence-corrected chi connectivity index (χ2v) is 1.51. The Labute approximate surface area is 53.1 Å². The number of carbonyl (C=O) groups is 1. The van der Waals surface area contributed by atoms with E-state index in [2.05, 4.69) is 6.58 Å². The highest BCUT2D eigenvalue weighted by atomic mass is 16.2. The minimum atomic E-state index is -0.558. The molecule has 0 aliphatic rings. The van der Waals surface area contributed by atoms with Crippen molar-refractivity contribution in [2.24, 2.45) is 5.84 Å². The summed E-state index contributed by atoms with van der Waals surface area (Å²) in [5, 5.41) is 8.91. The van der Waals surface area contributed by atoms with Crippen LogP contribution in [0.15, 0.2) is 12.2 Å². The summed E-state index contributed by atoms with van der Waals surface area (Å²) in [5.74, 6) is 4.43. The van der Waals surface area contributed by atoms with E-state index >= 15 is 0 Å². The van der Waals surface area contributed by atoms with Gasteiger partial charge in [0.15, 0.2) is 0 Å². The van der Waals surface area contributed by atoms with E-state index in [-0.39, 0.29) is 5.57 Å². The Morgan fingerprint density at radius 1 is 1.89 bits per heavy atom. The molecule has 4 nitrogen and oxygen atoms in total. The van der Waals surface area contributed by atoms with Gasteiger partial charge in [-0.1, -0.05) is 6.58 Å². The molecule has 0 rings (SSSR count). The predicted molar refractivity (Wildman–Crippen MR) is 31.7 cm³/mol. The maximum absolute atomic E-state index is 10.6. The van der Waals surface area contributed by atoms with Gasteiger partial charge in [-0.3, -0.25) is 9.80 Å². The third kappa shape index (κ3) is 1.93. The molecule has 48 valence electrons. The van der Waals surface area contributed by atoms with E-state index in [4.69, 9.17) is 11.1 Å². The highest BCUT2D eigenvalue weighted by Crippen LogP contribution is 1.88. The number of nitrogens with two attached hydrogens (primary N) is 1. The van der Waals surface area contributed by atoms with Crippen LogP contribution in [0.2, 0.25) is 0 Å². The predicted octanol–water partition coefficient (Wildman–Crippen LogP) is -0.602. The van der Waals surface area contributed by atoms with Crippen LogP contribution in [0.5, 0.6) is 0 Å². The first-order valence-corrected chi connectivity index (χ1v) is 2.21. The molecule has 0 radical (unpaired) electrons. The maximum atomic E-state index is 10.6. The average Bonchev–Trinajstić information content (AvgIpc) is 1.84. The minimum absolute atomic E-state index is 0.153. The van der Waals surface area contributed by atoms with E-state index in [9.17, 15) is 4.79 Å². The smallest absolute Gasteiger partial charge is 0.277 e. The third-order valence-corrected chi connectivity index (χ3v) is 0.713. The van der Waals surface area contributed by atoms with Crippen LogP contribution >= 0.6 is 0 Å². The van der Waals surface area contributed by atoms with Crippen molar-refractivity contribution in [1.82, 2.24) is 5.01 Å². The molecular weight excluding hydrogens is 118 g/mol. The highest BCUT2D eigenvalue weighted by molar-refractivity contribution is 5.95. The zero-order valence-corrected chi connectivity index (χ0v) is 5.09. The summed E-state index contributed by atoms with van der Waals surface area (Å²) in [7, 11) is 1.35. The first kappa shape index (κ1) is 7.66. The second kappa shape index (κ2) is 2.84. The first-order valence-electron chi connectivity index (χ1n) is 2.21. The van der Waals surface area contributed by atoms with Gasteiger partial charge in [0.05, 0.1) is 0 Å². The number of likely N-dealkylation sites (N-methyl/N-ethyl adjacent to an activating group) is 1. The number of nitriles is 1. The van der Waals surface area contributed by atoms with Crippen molar-refractivity contribution in [1.29, 1.82) is 5.26 Å². The van der Waals surface area contributed by atoms with E-state index in [0.29, 0.717) is 0 Å². The maximum Gasteiger partial charge on any atom is 0.277 e. The number of carbonyl (C=O) groups excluding carboxylic acids is 1. The molecule has 0 aromatic carbocycles. The zero-order valence-electron chi connectivity index (χ0n) is 5.09. The Bertz CT molecular complexity index is 177. The van der Waals surface area contributed by atoms with Crippen molar-refractivity contribution in [3.63, 3.8) is 0 Å². The highest BCUT2D eigenvalue weighted by Gasteiger charge is 2.06. The molecule has 9 heavy (non-hydrogen) atoms. The van der Waals surface area contributed by atoms with Crippen LogP contribution in [-0.4, -0.2) is 18.0 Å². The van der Waals surface area contributed by atoms with Crippen LogP contribution in [0.4, 0.5) is 0 Å². The summed E-state index contributed by atoms with van der Waals surface area (Å²) in [6.45, 7) is 3.16.